The Morgan fingerprint density at radius 3 is 2.53 bits per heavy atom. The molecule has 0 aliphatic rings. The first-order chi connectivity index (χ1) is 7.98. The van der Waals surface area contributed by atoms with Crippen LogP contribution < -0.4 is 5.73 Å². The van der Waals surface area contributed by atoms with E-state index >= 15 is 0 Å². The maximum Gasteiger partial charge on any atom is 0.148 e. The van der Waals surface area contributed by atoms with Crippen molar-refractivity contribution in [1.29, 1.82) is 0 Å². The summed E-state index contributed by atoms with van der Waals surface area (Å²) in [5.41, 5.74) is 6.29. The lowest BCUT2D eigenvalue weighted by atomic mass is 10.1. The van der Waals surface area contributed by atoms with Crippen molar-refractivity contribution in [3.05, 3.63) is 48.2 Å². The number of rotatable bonds is 2. The minimum absolute atomic E-state index is 0.299. The van der Waals surface area contributed by atoms with E-state index in [-0.39, 0.29) is 5.82 Å². The highest BCUT2D eigenvalue weighted by atomic mass is 19.1. The Bertz CT molecular complexity index is 532. The van der Waals surface area contributed by atoms with Gasteiger partial charge in [-0.3, -0.25) is 0 Å². The van der Waals surface area contributed by atoms with Crippen molar-refractivity contribution in [2.45, 2.75) is 19.4 Å². The van der Waals surface area contributed by atoms with Gasteiger partial charge in [0, 0.05) is 11.8 Å². The van der Waals surface area contributed by atoms with Gasteiger partial charge in [0.2, 0.25) is 0 Å². The summed E-state index contributed by atoms with van der Waals surface area (Å²) in [7, 11) is 0. The van der Waals surface area contributed by atoms with E-state index in [4.69, 9.17) is 5.73 Å². The van der Waals surface area contributed by atoms with Crippen LogP contribution in [0.15, 0.2) is 36.5 Å². The standard InChI is InChI=1S/C13H14FN3/c1-13(2,15)12-16-8-7-11(17-12)9-5-3-4-6-10(9)14/h3-8H,15H2,1-2H3. The Balaban J connectivity index is 2.51. The molecule has 3 nitrogen and oxygen atoms in total. The van der Waals surface area contributed by atoms with Crippen LogP contribution in [0.2, 0.25) is 0 Å². The highest BCUT2D eigenvalue weighted by Gasteiger charge is 2.18. The zero-order valence-electron chi connectivity index (χ0n) is 9.81. The third-order valence-corrected chi connectivity index (χ3v) is 2.38. The van der Waals surface area contributed by atoms with Gasteiger partial charge in [-0.25, -0.2) is 14.4 Å². The predicted octanol–water partition coefficient (Wildman–Crippen LogP) is 2.48. The molecular weight excluding hydrogens is 217 g/mol. The highest BCUT2D eigenvalue weighted by Crippen LogP contribution is 2.21. The minimum Gasteiger partial charge on any atom is -0.319 e. The second-order valence-corrected chi connectivity index (χ2v) is 4.47. The van der Waals surface area contributed by atoms with Crippen molar-refractivity contribution in [1.82, 2.24) is 9.97 Å². The van der Waals surface area contributed by atoms with Gasteiger partial charge in [-0.2, -0.15) is 0 Å². The molecule has 1 aromatic carbocycles. The lowest BCUT2D eigenvalue weighted by molar-refractivity contribution is 0.514. The molecule has 0 spiro atoms. The fraction of sp³-hybridized carbons (Fsp3) is 0.231. The summed E-state index contributed by atoms with van der Waals surface area (Å²) >= 11 is 0. The van der Waals surface area contributed by atoms with Gasteiger partial charge in [0.15, 0.2) is 0 Å². The van der Waals surface area contributed by atoms with Gasteiger partial charge < -0.3 is 5.73 Å². The third kappa shape index (κ3) is 2.47. The summed E-state index contributed by atoms with van der Waals surface area (Å²) in [5.74, 6) is 0.199. The van der Waals surface area contributed by atoms with E-state index in [0.717, 1.165) is 0 Å². The smallest absolute Gasteiger partial charge is 0.148 e. The van der Waals surface area contributed by atoms with Gasteiger partial charge in [-0.05, 0) is 32.0 Å². The number of benzene rings is 1. The Labute approximate surface area is 99.5 Å². The topological polar surface area (TPSA) is 51.8 Å². The van der Waals surface area contributed by atoms with Crippen LogP contribution in [0.3, 0.4) is 0 Å². The van der Waals surface area contributed by atoms with E-state index in [1.807, 2.05) is 13.8 Å². The van der Waals surface area contributed by atoms with Crippen LogP contribution in [0.1, 0.15) is 19.7 Å². The molecule has 0 saturated heterocycles. The number of halogens is 1. The molecule has 1 heterocycles. The molecule has 2 aromatic rings. The Hall–Kier alpha value is -1.81. The number of aromatic nitrogens is 2. The molecule has 17 heavy (non-hydrogen) atoms. The number of nitrogens with two attached hydrogens (primary N) is 1. The maximum atomic E-state index is 13.6. The Morgan fingerprint density at radius 2 is 1.88 bits per heavy atom. The molecule has 0 fully saturated rings. The van der Waals surface area contributed by atoms with Gasteiger partial charge in [0.05, 0.1) is 11.2 Å². The number of hydrogen-bond donors (Lipinski definition) is 1. The van der Waals surface area contributed by atoms with Crippen LogP contribution in [0.5, 0.6) is 0 Å². The molecule has 1 aromatic heterocycles. The first-order valence-corrected chi connectivity index (χ1v) is 5.36. The molecule has 0 radical (unpaired) electrons. The van der Waals surface area contributed by atoms with Crippen molar-refractivity contribution in [3.8, 4) is 11.3 Å². The summed E-state index contributed by atoms with van der Waals surface area (Å²) in [5, 5.41) is 0. The van der Waals surface area contributed by atoms with Crippen molar-refractivity contribution in [2.24, 2.45) is 5.73 Å². The monoisotopic (exact) mass is 231 g/mol. The maximum absolute atomic E-state index is 13.6. The summed E-state index contributed by atoms with van der Waals surface area (Å²) in [6.07, 6.45) is 1.60. The van der Waals surface area contributed by atoms with Crippen LogP contribution in [-0.2, 0) is 5.54 Å². The van der Waals surface area contributed by atoms with E-state index in [1.165, 1.54) is 6.07 Å². The molecule has 0 aliphatic heterocycles. The minimum atomic E-state index is -0.638. The molecule has 0 saturated carbocycles. The zero-order chi connectivity index (χ0) is 12.5. The van der Waals surface area contributed by atoms with Crippen LogP contribution in [0, 0.1) is 5.82 Å². The molecule has 0 aliphatic carbocycles. The van der Waals surface area contributed by atoms with E-state index < -0.39 is 5.54 Å². The Morgan fingerprint density at radius 1 is 1.18 bits per heavy atom. The first kappa shape index (κ1) is 11.7. The fourth-order valence-electron chi connectivity index (χ4n) is 1.49. The van der Waals surface area contributed by atoms with Crippen LogP contribution in [-0.4, -0.2) is 9.97 Å². The lowest BCUT2D eigenvalue weighted by Crippen LogP contribution is -2.31. The van der Waals surface area contributed by atoms with Crippen LogP contribution in [0.4, 0.5) is 4.39 Å². The van der Waals surface area contributed by atoms with E-state index in [1.54, 1.807) is 30.5 Å². The molecule has 88 valence electrons. The van der Waals surface area contributed by atoms with Crippen LogP contribution >= 0.6 is 0 Å². The molecule has 0 amide bonds. The SMILES string of the molecule is CC(C)(N)c1nccc(-c2ccccc2F)n1. The summed E-state index contributed by atoms with van der Waals surface area (Å²) in [6.45, 7) is 3.63. The van der Waals surface area contributed by atoms with E-state index in [9.17, 15) is 4.39 Å². The van der Waals surface area contributed by atoms with Gasteiger partial charge in [-0.1, -0.05) is 12.1 Å². The van der Waals surface area contributed by atoms with E-state index in [0.29, 0.717) is 17.1 Å². The second-order valence-electron chi connectivity index (χ2n) is 4.47. The van der Waals surface area contributed by atoms with Gasteiger partial charge in [0.1, 0.15) is 11.6 Å². The van der Waals surface area contributed by atoms with Crippen molar-refractivity contribution < 1.29 is 4.39 Å². The summed E-state index contributed by atoms with van der Waals surface area (Å²) in [4.78, 5) is 8.41. The molecular formula is C13H14FN3. The molecule has 4 heteroatoms. The highest BCUT2D eigenvalue weighted by molar-refractivity contribution is 5.59. The average molecular weight is 231 g/mol. The second kappa shape index (κ2) is 4.22. The van der Waals surface area contributed by atoms with Crippen molar-refractivity contribution >= 4 is 0 Å². The number of nitrogens with zero attached hydrogens (tertiary/aromatic N) is 2. The third-order valence-electron chi connectivity index (χ3n) is 2.38. The molecule has 0 atom stereocenters. The molecule has 2 rings (SSSR count). The van der Waals surface area contributed by atoms with Crippen molar-refractivity contribution in [3.63, 3.8) is 0 Å². The summed E-state index contributed by atoms with van der Waals surface area (Å²) in [6, 6.07) is 8.19. The van der Waals surface area contributed by atoms with Crippen LogP contribution in [0.25, 0.3) is 11.3 Å². The Kier molecular flexibility index (Phi) is 2.90. The fourth-order valence-corrected chi connectivity index (χ4v) is 1.49. The molecule has 0 bridgehead atoms. The number of hydrogen-bond acceptors (Lipinski definition) is 3. The zero-order valence-corrected chi connectivity index (χ0v) is 9.81. The normalized spacial score (nSPS) is 11.5. The summed E-state index contributed by atoms with van der Waals surface area (Å²) < 4.78 is 13.6. The van der Waals surface area contributed by atoms with Gasteiger partial charge >= 0.3 is 0 Å². The van der Waals surface area contributed by atoms with Gasteiger partial charge in [0.25, 0.3) is 0 Å². The largest absolute Gasteiger partial charge is 0.319 e. The molecule has 2 N–H and O–H groups in total. The quantitative estimate of drug-likeness (QED) is 0.863. The van der Waals surface area contributed by atoms with Crippen molar-refractivity contribution in [2.75, 3.05) is 0 Å². The van der Waals surface area contributed by atoms with E-state index in [2.05, 4.69) is 9.97 Å². The van der Waals surface area contributed by atoms with Gasteiger partial charge in [-0.15, -0.1) is 0 Å². The lowest BCUT2D eigenvalue weighted by Gasteiger charge is -2.17. The first-order valence-electron chi connectivity index (χ1n) is 5.36. The predicted molar refractivity (Wildman–Crippen MR) is 64.6 cm³/mol. The average Bonchev–Trinajstić information content (AvgIpc) is 2.29. The molecule has 0 unspecified atom stereocenters.